The standard InChI is InChI=1S/C20H18FN7O/c1-29-14-7-5-13(6-8-14)23-19-25-18(22)26-20(27-19)28-16-9-4-12(21)10-15(16)24-17(28)11-2-3-11/h4-11H,2-3H2,1H3,(H3,22,23,25,26,27). The van der Waals surface area contributed by atoms with Crippen molar-refractivity contribution in [3.63, 3.8) is 0 Å². The topological polar surface area (TPSA) is 104 Å². The van der Waals surface area contributed by atoms with Crippen LogP contribution in [0.25, 0.3) is 17.0 Å². The number of aromatic nitrogens is 5. The van der Waals surface area contributed by atoms with Gasteiger partial charge in [-0.05, 0) is 49.2 Å². The summed E-state index contributed by atoms with van der Waals surface area (Å²) in [4.78, 5) is 17.7. The van der Waals surface area contributed by atoms with Gasteiger partial charge in [-0.3, -0.25) is 4.57 Å². The van der Waals surface area contributed by atoms with Crippen molar-refractivity contribution in [1.82, 2.24) is 24.5 Å². The minimum Gasteiger partial charge on any atom is -0.497 e. The van der Waals surface area contributed by atoms with Crippen LogP contribution in [0.15, 0.2) is 42.5 Å². The van der Waals surface area contributed by atoms with Crippen LogP contribution < -0.4 is 15.8 Å². The molecule has 0 saturated heterocycles. The van der Waals surface area contributed by atoms with Gasteiger partial charge in [0.1, 0.15) is 17.4 Å². The number of halogens is 1. The number of nitrogens with one attached hydrogen (secondary N) is 1. The molecule has 8 nitrogen and oxygen atoms in total. The zero-order valence-electron chi connectivity index (χ0n) is 15.6. The molecular formula is C20H18FN7O. The van der Waals surface area contributed by atoms with E-state index in [2.05, 4.69) is 25.3 Å². The highest BCUT2D eigenvalue weighted by atomic mass is 19.1. The maximum atomic E-state index is 13.7. The monoisotopic (exact) mass is 391 g/mol. The predicted octanol–water partition coefficient (Wildman–Crippen LogP) is 3.56. The molecule has 3 N–H and O–H groups in total. The van der Waals surface area contributed by atoms with Crippen molar-refractivity contribution in [3.05, 3.63) is 54.1 Å². The number of fused-ring (bicyclic) bond motifs is 1. The summed E-state index contributed by atoms with van der Waals surface area (Å²) < 4.78 is 20.7. The summed E-state index contributed by atoms with van der Waals surface area (Å²) >= 11 is 0. The van der Waals surface area contributed by atoms with Gasteiger partial charge in [0.2, 0.25) is 17.8 Å². The zero-order chi connectivity index (χ0) is 20.0. The molecule has 1 aliphatic rings. The molecule has 0 aliphatic heterocycles. The number of nitrogens with two attached hydrogens (primary N) is 1. The van der Waals surface area contributed by atoms with Gasteiger partial charge >= 0.3 is 0 Å². The van der Waals surface area contributed by atoms with Crippen LogP contribution in [0.1, 0.15) is 24.6 Å². The molecule has 1 saturated carbocycles. The van der Waals surface area contributed by atoms with Crippen LogP contribution in [0.2, 0.25) is 0 Å². The second-order valence-electron chi connectivity index (χ2n) is 6.88. The van der Waals surface area contributed by atoms with Crippen molar-refractivity contribution in [1.29, 1.82) is 0 Å². The highest BCUT2D eigenvalue weighted by Gasteiger charge is 2.31. The second kappa shape index (κ2) is 6.69. The highest BCUT2D eigenvalue weighted by Crippen LogP contribution is 2.41. The molecule has 2 aromatic heterocycles. The summed E-state index contributed by atoms with van der Waals surface area (Å²) in [5, 5.41) is 3.13. The van der Waals surface area contributed by atoms with Gasteiger partial charge in [-0.15, -0.1) is 0 Å². The van der Waals surface area contributed by atoms with Crippen LogP contribution in [-0.4, -0.2) is 31.6 Å². The molecule has 0 amide bonds. The van der Waals surface area contributed by atoms with E-state index in [9.17, 15) is 4.39 Å². The zero-order valence-corrected chi connectivity index (χ0v) is 15.6. The highest BCUT2D eigenvalue weighted by molar-refractivity contribution is 5.78. The molecule has 2 aromatic carbocycles. The molecule has 1 fully saturated rings. The van der Waals surface area contributed by atoms with Gasteiger partial charge in [-0.25, -0.2) is 9.37 Å². The van der Waals surface area contributed by atoms with Gasteiger partial charge in [0.05, 0.1) is 18.1 Å². The molecule has 5 rings (SSSR count). The van der Waals surface area contributed by atoms with E-state index in [0.29, 0.717) is 23.3 Å². The number of benzene rings is 2. The van der Waals surface area contributed by atoms with Crippen molar-refractivity contribution in [2.24, 2.45) is 0 Å². The Morgan fingerprint density at radius 2 is 1.86 bits per heavy atom. The first-order valence-corrected chi connectivity index (χ1v) is 9.21. The summed E-state index contributed by atoms with van der Waals surface area (Å²) in [7, 11) is 1.61. The van der Waals surface area contributed by atoms with Crippen LogP contribution >= 0.6 is 0 Å². The Morgan fingerprint density at radius 3 is 2.59 bits per heavy atom. The minimum atomic E-state index is -0.332. The number of imidazole rings is 1. The second-order valence-corrected chi connectivity index (χ2v) is 6.88. The third-order valence-corrected chi connectivity index (χ3v) is 4.77. The van der Waals surface area contributed by atoms with Crippen LogP contribution in [0, 0.1) is 5.82 Å². The Bertz CT molecular complexity index is 1200. The van der Waals surface area contributed by atoms with E-state index in [1.54, 1.807) is 13.2 Å². The summed E-state index contributed by atoms with van der Waals surface area (Å²) in [6, 6.07) is 11.9. The van der Waals surface area contributed by atoms with Crippen LogP contribution in [0.5, 0.6) is 5.75 Å². The van der Waals surface area contributed by atoms with Crippen molar-refractivity contribution < 1.29 is 9.13 Å². The van der Waals surface area contributed by atoms with E-state index in [1.165, 1.54) is 12.1 Å². The lowest BCUT2D eigenvalue weighted by atomic mass is 10.3. The summed E-state index contributed by atoms with van der Waals surface area (Å²) in [6.07, 6.45) is 2.06. The van der Waals surface area contributed by atoms with Gasteiger partial charge in [0.25, 0.3) is 0 Å². The number of nitrogens with zero attached hydrogens (tertiary/aromatic N) is 5. The van der Waals surface area contributed by atoms with Crippen molar-refractivity contribution in [3.8, 4) is 11.7 Å². The number of anilines is 3. The third kappa shape index (κ3) is 3.31. The molecule has 0 bridgehead atoms. The molecule has 29 heavy (non-hydrogen) atoms. The minimum absolute atomic E-state index is 0.0803. The van der Waals surface area contributed by atoms with Crippen molar-refractivity contribution >= 4 is 28.6 Å². The Kier molecular flexibility index (Phi) is 4.01. The quantitative estimate of drug-likeness (QED) is 0.536. The molecule has 1 aliphatic carbocycles. The molecule has 146 valence electrons. The van der Waals surface area contributed by atoms with E-state index in [1.807, 2.05) is 28.8 Å². The van der Waals surface area contributed by atoms with Gasteiger partial charge in [0.15, 0.2) is 0 Å². The average molecular weight is 391 g/mol. The van der Waals surface area contributed by atoms with E-state index in [-0.39, 0.29) is 11.8 Å². The van der Waals surface area contributed by atoms with Gasteiger partial charge in [-0.2, -0.15) is 15.0 Å². The summed E-state index contributed by atoms with van der Waals surface area (Å²) in [5.74, 6) is 2.27. The molecule has 4 aromatic rings. The lowest BCUT2D eigenvalue weighted by Crippen LogP contribution is -2.11. The van der Waals surface area contributed by atoms with Crippen LogP contribution in [0.4, 0.5) is 22.0 Å². The smallest absolute Gasteiger partial charge is 0.242 e. The molecule has 0 radical (unpaired) electrons. The third-order valence-electron chi connectivity index (χ3n) is 4.77. The van der Waals surface area contributed by atoms with Gasteiger partial charge in [-0.1, -0.05) is 0 Å². The maximum absolute atomic E-state index is 13.7. The molecule has 0 atom stereocenters. The maximum Gasteiger partial charge on any atom is 0.242 e. The van der Waals surface area contributed by atoms with Crippen molar-refractivity contribution in [2.45, 2.75) is 18.8 Å². The fourth-order valence-electron chi connectivity index (χ4n) is 3.24. The Labute approximate surface area is 165 Å². The Hall–Kier alpha value is -3.75. The number of rotatable bonds is 5. The first-order valence-electron chi connectivity index (χ1n) is 9.21. The van der Waals surface area contributed by atoms with Crippen LogP contribution in [-0.2, 0) is 0 Å². The fraction of sp³-hybridized carbons (Fsp3) is 0.200. The first-order chi connectivity index (χ1) is 14.1. The number of ether oxygens (including phenoxy) is 1. The number of hydrogen-bond donors (Lipinski definition) is 2. The Morgan fingerprint density at radius 1 is 1.07 bits per heavy atom. The van der Waals surface area contributed by atoms with Gasteiger partial charge < -0.3 is 15.8 Å². The molecular weight excluding hydrogens is 373 g/mol. The number of hydrogen-bond acceptors (Lipinski definition) is 7. The predicted molar refractivity (Wildman–Crippen MR) is 107 cm³/mol. The van der Waals surface area contributed by atoms with E-state index >= 15 is 0 Å². The normalized spacial score (nSPS) is 13.6. The van der Waals surface area contributed by atoms with Gasteiger partial charge in [0, 0.05) is 17.7 Å². The summed E-state index contributed by atoms with van der Waals surface area (Å²) in [6.45, 7) is 0. The largest absolute Gasteiger partial charge is 0.497 e. The average Bonchev–Trinajstić information content (AvgIpc) is 3.48. The SMILES string of the molecule is COc1ccc(Nc2nc(N)nc(-n3c(C4CC4)nc4cc(F)ccc43)n2)cc1. The van der Waals surface area contributed by atoms with E-state index < -0.39 is 0 Å². The molecule has 0 unspecified atom stereocenters. The Balaban J connectivity index is 1.58. The fourth-order valence-corrected chi connectivity index (χ4v) is 3.24. The van der Waals surface area contributed by atoms with E-state index in [4.69, 9.17) is 10.5 Å². The molecule has 0 spiro atoms. The van der Waals surface area contributed by atoms with Crippen LogP contribution in [0.3, 0.4) is 0 Å². The lowest BCUT2D eigenvalue weighted by molar-refractivity contribution is 0.415. The van der Waals surface area contributed by atoms with Crippen molar-refractivity contribution in [2.75, 3.05) is 18.2 Å². The lowest BCUT2D eigenvalue weighted by Gasteiger charge is -2.10. The first kappa shape index (κ1) is 17.4. The molecule has 9 heteroatoms. The number of methoxy groups -OCH3 is 1. The number of nitrogen functional groups attached to an aromatic ring is 1. The molecule has 2 heterocycles. The summed E-state index contributed by atoms with van der Waals surface area (Å²) in [5.41, 5.74) is 8.03. The van der Waals surface area contributed by atoms with E-state index in [0.717, 1.165) is 35.6 Å².